The molecule has 0 spiro atoms. The van der Waals surface area contributed by atoms with Crippen LogP contribution in [0.3, 0.4) is 0 Å². The predicted octanol–water partition coefficient (Wildman–Crippen LogP) is 11.2. The van der Waals surface area contributed by atoms with Gasteiger partial charge in [0.1, 0.15) is 46.0 Å². The highest BCUT2D eigenvalue weighted by atomic mass is 16.5. The fourth-order valence-electron chi connectivity index (χ4n) is 16.8. The normalized spacial score (nSPS) is 20.8. The Bertz CT molecular complexity index is 4950. The number of pyridine rings is 8. The lowest BCUT2D eigenvalue weighted by molar-refractivity contribution is 0.0379. The molecular formula is C85H98N20O12. The molecule has 8 bridgehead atoms. The van der Waals surface area contributed by atoms with Gasteiger partial charge in [-0.05, 0) is 186 Å². The predicted molar refractivity (Wildman–Crippen MR) is 442 cm³/mol. The number of anilines is 12. The summed E-state index contributed by atoms with van der Waals surface area (Å²) < 4.78 is 5.62. The molecule has 8 aromatic rings. The lowest BCUT2D eigenvalue weighted by Gasteiger charge is -2.36. The maximum Gasteiger partial charge on any atom is 0.329 e. The van der Waals surface area contributed by atoms with E-state index in [4.69, 9.17) is 4.74 Å². The molecule has 5 saturated heterocycles. The van der Waals surface area contributed by atoms with Crippen molar-refractivity contribution in [2.75, 3.05) is 126 Å². The monoisotopic (exact) mass is 1590 g/mol. The first kappa shape index (κ1) is 80.2. The number of aromatic nitrogens is 8. The third-order valence-electron chi connectivity index (χ3n) is 23.0. The van der Waals surface area contributed by atoms with Gasteiger partial charge in [-0.25, -0.2) is 59.0 Å². The van der Waals surface area contributed by atoms with Gasteiger partial charge < -0.3 is 39.7 Å². The Hall–Kier alpha value is -12.0. The smallest absolute Gasteiger partial charge is 0.329 e. The van der Waals surface area contributed by atoms with Crippen LogP contribution in [0, 0.1) is 11.3 Å². The van der Waals surface area contributed by atoms with Crippen molar-refractivity contribution < 1.29 is 58.4 Å². The van der Waals surface area contributed by atoms with Crippen molar-refractivity contribution in [1.29, 1.82) is 0 Å². The molecule has 32 heteroatoms. The Balaban J connectivity index is 0.000000122. The standard InChI is InChI=1S/C22H25N5O3.C22H27N5O3.C21H23N5O3.C20H23N5O3/c28-19(9-6-16-4-3-13-30-16)17-7-8-18-21(24-17)27(15-10-12-26(18)14-15)22(29)25-20-5-1-2-11-23-20;1-22(2,9-12-28)13-18(29)16-6-7-17-20(24-16)27(15-8-11-26(17)14-15)21(30)25-19-5-3-4-10-23-19;27-15-9-13(10-15)11-18(28)16-4-5-17-20(23-16)26(14-6-8-25(17)12-14)21(29)24-19-3-1-2-7-22-19;1-13(26)5-8-17(27)15-6-7-16-19(22-15)25(14-9-11-24(16)12-14)20(28)23-18-4-2-3-10-21-18/h1-2,5,7-8,11,15-16H,3-4,6,9-10,12-14H2,(H,23,25,29);3-7,10,15,28H,8-9,11-14H2,1-2H3,(H,23,25,30);1-5,7,13-15,27H,6,8-12H2,(H,22,24,29);2-4,6-7,10,13-14,26H,5,8-9,11-12H2,1H3,(H,21,23,28)/t15-,16-;15-;13?,14-,15?;13-,14-/m0000/s1. The topological polar surface area (TPSA) is 384 Å². The molecule has 1 aliphatic carbocycles. The number of aliphatic hydroxyl groups is 3. The molecule has 7 N–H and O–H groups in total. The number of carbonyl (C=O) groups excluding carboxylic acids is 8. The minimum Gasteiger partial charge on any atom is -0.396 e. The maximum absolute atomic E-state index is 13.1. The molecule has 0 aromatic carbocycles. The van der Waals surface area contributed by atoms with Crippen molar-refractivity contribution in [2.24, 2.45) is 11.3 Å². The van der Waals surface area contributed by atoms with Crippen LogP contribution in [0.5, 0.6) is 0 Å². The highest BCUT2D eigenvalue weighted by Gasteiger charge is 2.46. The van der Waals surface area contributed by atoms with Crippen molar-refractivity contribution in [1.82, 2.24) is 39.9 Å². The summed E-state index contributed by atoms with van der Waals surface area (Å²) in [4.78, 5) is 154. The number of nitrogens with one attached hydrogen (secondary N) is 4. The highest BCUT2D eigenvalue weighted by Crippen LogP contribution is 2.45. The average Bonchev–Trinajstić information content (AvgIpc) is 1.68. The molecule has 610 valence electrons. The molecular weight excluding hydrogens is 1490 g/mol. The van der Waals surface area contributed by atoms with Crippen LogP contribution >= 0.6 is 0 Å². The van der Waals surface area contributed by atoms with Crippen LogP contribution < -0.4 is 60.5 Å². The number of ether oxygens (including phenoxy) is 1. The van der Waals surface area contributed by atoms with Crippen molar-refractivity contribution in [2.45, 2.75) is 160 Å². The lowest BCUT2D eigenvalue weighted by atomic mass is 9.79. The van der Waals surface area contributed by atoms with E-state index in [0.717, 1.165) is 127 Å². The number of nitrogens with zero attached hydrogens (tertiary/aromatic N) is 16. The zero-order chi connectivity index (χ0) is 81.4. The number of hydrogen-bond donors (Lipinski definition) is 7. The maximum atomic E-state index is 13.1. The van der Waals surface area contributed by atoms with E-state index in [0.29, 0.717) is 108 Å². The number of amides is 8. The summed E-state index contributed by atoms with van der Waals surface area (Å²) >= 11 is 0. The molecule has 32 nitrogen and oxygen atoms in total. The Kier molecular flexibility index (Phi) is 24.4. The van der Waals surface area contributed by atoms with E-state index >= 15 is 0 Å². The van der Waals surface area contributed by atoms with Gasteiger partial charge in [-0.3, -0.25) is 60.0 Å². The van der Waals surface area contributed by atoms with Gasteiger partial charge in [0.25, 0.3) is 0 Å². The van der Waals surface area contributed by atoms with Crippen molar-refractivity contribution >= 4 is 117 Å². The Morgan fingerprint density at radius 2 is 0.821 bits per heavy atom. The summed E-state index contributed by atoms with van der Waals surface area (Å²) in [5.41, 5.74) is 4.63. The van der Waals surface area contributed by atoms with Gasteiger partial charge in [0, 0.05) is 116 Å². The Morgan fingerprint density at radius 3 is 1.14 bits per heavy atom. The zero-order valence-corrected chi connectivity index (χ0v) is 65.8. The second kappa shape index (κ2) is 35.6. The van der Waals surface area contributed by atoms with E-state index < -0.39 is 6.10 Å². The molecule has 10 aliphatic rings. The zero-order valence-electron chi connectivity index (χ0n) is 65.8. The molecule has 8 aromatic heterocycles. The lowest BCUT2D eigenvalue weighted by Crippen LogP contribution is -2.48. The SMILES string of the molecule is CC(C)(CCO)CC(=O)c1ccc2c(n1)N(C(=O)Nc1ccccn1)[C@H]1CCN2C1.C[C@H](O)CCC(=O)c1ccc2c(n1)N(C(=O)Nc1ccccn1)[C@H]1CCN2C1.O=C(CC1CC(O)C1)c1ccc2c(n1)N(C(=O)Nc1ccccn1)[C@H]1CCN2C1.O=C(CC[C@@H]1CCCO1)c1ccc2c(n1)N(C(=O)Nc1ccccn1)[C@H]1CCN2C1. The minimum absolute atomic E-state index is 0.00453. The van der Waals surface area contributed by atoms with Crippen LogP contribution in [0.25, 0.3) is 0 Å². The summed E-state index contributed by atoms with van der Waals surface area (Å²) in [6.07, 6.45) is 15.6. The fraction of sp³-hybridized carbons (Fsp3) is 0.435. The van der Waals surface area contributed by atoms with Crippen molar-refractivity contribution in [3.8, 4) is 0 Å². The number of fused-ring (bicyclic) bond motifs is 16. The molecule has 8 amide bonds. The first-order valence-electron chi connectivity index (χ1n) is 40.5. The molecule has 0 radical (unpaired) electrons. The summed E-state index contributed by atoms with van der Waals surface area (Å²) in [5.74, 6) is 3.98. The van der Waals surface area contributed by atoms with Crippen LogP contribution in [-0.4, -0.2) is 210 Å². The van der Waals surface area contributed by atoms with Crippen molar-refractivity contribution in [3.63, 3.8) is 0 Å². The van der Waals surface area contributed by atoms with Gasteiger partial charge in [0.2, 0.25) is 0 Å². The summed E-state index contributed by atoms with van der Waals surface area (Å²) in [6.45, 7) is 12.9. The molecule has 0 unspecified atom stereocenters. The van der Waals surface area contributed by atoms with Gasteiger partial charge in [-0.2, -0.15) is 0 Å². The molecule has 6 atom stereocenters. The van der Waals surface area contributed by atoms with E-state index in [9.17, 15) is 53.7 Å². The number of urea groups is 4. The van der Waals surface area contributed by atoms with Crippen molar-refractivity contribution in [3.05, 3.63) is 169 Å². The third-order valence-corrected chi connectivity index (χ3v) is 23.0. The highest BCUT2D eigenvalue weighted by molar-refractivity contribution is 6.09. The first-order chi connectivity index (χ1) is 56.7. The molecule has 1 saturated carbocycles. The van der Waals surface area contributed by atoms with E-state index in [-0.39, 0.29) is 114 Å². The second-order valence-electron chi connectivity index (χ2n) is 32.0. The number of hydrogen-bond acceptors (Lipinski definition) is 24. The van der Waals surface area contributed by atoms with E-state index in [2.05, 4.69) is 80.7 Å². The number of carbonyl (C=O) groups is 8. The number of ketones is 4. The van der Waals surface area contributed by atoms with Gasteiger partial charge in [-0.15, -0.1) is 0 Å². The molecule has 18 rings (SSSR count). The average molecular weight is 1590 g/mol. The third kappa shape index (κ3) is 18.5. The summed E-state index contributed by atoms with van der Waals surface area (Å²) in [7, 11) is 0. The number of rotatable bonds is 20. The van der Waals surface area contributed by atoms with E-state index in [1.54, 1.807) is 130 Å². The molecule has 117 heavy (non-hydrogen) atoms. The fourth-order valence-corrected chi connectivity index (χ4v) is 16.8. The van der Waals surface area contributed by atoms with Crippen LogP contribution in [0.4, 0.5) is 88.5 Å². The van der Waals surface area contributed by atoms with Gasteiger partial charge >= 0.3 is 24.1 Å². The van der Waals surface area contributed by atoms with Crippen LogP contribution in [0.15, 0.2) is 146 Å². The number of aliphatic hydroxyl groups excluding tert-OH is 3. The first-order valence-corrected chi connectivity index (χ1v) is 40.5. The minimum atomic E-state index is -0.538. The van der Waals surface area contributed by atoms with E-state index in [1.807, 2.05) is 56.3 Å². The second-order valence-corrected chi connectivity index (χ2v) is 32.0. The summed E-state index contributed by atoms with van der Waals surface area (Å²) in [6, 6.07) is 34.9. The number of Topliss-reactive ketones (excluding diaryl/α,β-unsaturated/α-hetero) is 4. The summed E-state index contributed by atoms with van der Waals surface area (Å²) in [5, 5.41) is 39.5. The quantitative estimate of drug-likeness (QED) is 0.0348. The largest absolute Gasteiger partial charge is 0.396 e. The Morgan fingerprint density at radius 1 is 0.470 bits per heavy atom. The molecule has 9 aliphatic heterocycles. The van der Waals surface area contributed by atoms with Crippen LogP contribution in [0.1, 0.15) is 159 Å². The van der Waals surface area contributed by atoms with Gasteiger partial charge in [-0.1, -0.05) is 38.1 Å². The molecule has 17 heterocycles. The van der Waals surface area contributed by atoms with Gasteiger partial charge in [0.05, 0.1) is 65.2 Å². The molecule has 6 fully saturated rings. The Labute approximate surface area is 677 Å². The van der Waals surface area contributed by atoms with Crippen LogP contribution in [0.2, 0.25) is 0 Å². The van der Waals surface area contributed by atoms with Crippen LogP contribution in [-0.2, 0) is 4.74 Å². The van der Waals surface area contributed by atoms with E-state index in [1.165, 1.54) is 0 Å². The van der Waals surface area contributed by atoms with Gasteiger partial charge in [0.15, 0.2) is 46.4 Å².